The smallest absolute Gasteiger partial charge is 0.329 e. The summed E-state index contributed by atoms with van der Waals surface area (Å²) in [4.78, 5) is 30.6. The second-order valence-corrected chi connectivity index (χ2v) is 7.95. The number of unbranched alkanes of at least 4 members (excludes halogenated alkanes) is 6. The molecule has 0 saturated carbocycles. The van der Waals surface area contributed by atoms with E-state index in [4.69, 9.17) is 0 Å². The Labute approximate surface area is 172 Å². The Balaban J connectivity index is 1.67. The fraction of sp³-hybridized carbons (Fsp3) is 0.762. The molecule has 1 unspecified atom stereocenters. The number of hydrogen-bond donors (Lipinski definition) is 3. The molecule has 2 heterocycles. The summed E-state index contributed by atoms with van der Waals surface area (Å²) in [5.41, 5.74) is -0.0313. The second-order valence-electron chi connectivity index (χ2n) is 7.95. The average Bonchev–Trinajstić information content (AvgIpc) is 3.02. The van der Waals surface area contributed by atoms with E-state index in [1.807, 2.05) is 0 Å². The van der Waals surface area contributed by atoms with Crippen LogP contribution in [0.2, 0.25) is 0 Å². The molecule has 0 bridgehead atoms. The highest BCUT2D eigenvalue weighted by Gasteiger charge is 2.14. The van der Waals surface area contributed by atoms with Gasteiger partial charge in [-0.15, -0.1) is 0 Å². The van der Waals surface area contributed by atoms with Gasteiger partial charge in [-0.05, 0) is 25.8 Å². The van der Waals surface area contributed by atoms with Gasteiger partial charge < -0.3 is 15.0 Å². The molecule has 0 aliphatic rings. The van der Waals surface area contributed by atoms with Gasteiger partial charge in [-0.1, -0.05) is 45.4 Å². The van der Waals surface area contributed by atoms with Crippen molar-refractivity contribution in [2.45, 2.75) is 77.2 Å². The molecule has 29 heavy (non-hydrogen) atoms. The second kappa shape index (κ2) is 11.9. The van der Waals surface area contributed by atoms with Crippen LogP contribution in [0.25, 0.3) is 11.2 Å². The summed E-state index contributed by atoms with van der Waals surface area (Å²) in [5.74, 6) is 0.780. The van der Waals surface area contributed by atoms with E-state index in [-0.39, 0.29) is 6.10 Å². The Kier molecular flexibility index (Phi) is 9.60. The first-order valence-electron chi connectivity index (χ1n) is 11.0. The lowest BCUT2D eigenvalue weighted by atomic mass is 10.1. The van der Waals surface area contributed by atoms with Crippen LogP contribution in [0.5, 0.6) is 0 Å². The van der Waals surface area contributed by atoms with Crippen LogP contribution < -0.4 is 16.6 Å². The van der Waals surface area contributed by atoms with E-state index in [0.29, 0.717) is 24.1 Å². The van der Waals surface area contributed by atoms with Gasteiger partial charge in [0.1, 0.15) is 5.82 Å². The van der Waals surface area contributed by atoms with Crippen molar-refractivity contribution in [3.63, 3.8) is 0 Å². The molecule has 2 aromatic heterocycles. The number of aryl methyl sites for hydroxylation is 3. The minimum atomic E-state index is -0.455. The maximum absolute atomic E-state index is 12.0. The Hall–Kier alpha value is -1.93. The first kappa shape index (κ1) is 23.3. The number of aromatic amines is 1. The zero-order valence-electron chi connectivity index (χ0n) is 18.2. The van der Waals surface area contributed by atoms with Gasteiger partial charge in [0.25, 0.3) is 5.56 Å². The monoisotopic (exact) mass is 407 g/mol. The maximum atomic E-state index is 12.0. The number of nitrogens with one attached hydrogen (secondary N) is 2. The van der Waals surface area contributed by atoms with Crippen LogP contribution >= 0.6 is 0 Å². The molecule has 1 atom stereocenters. The Morgan fingerprint density at radius 1 is 1.03 bits per heavy atom. The fourth-order valence-corrected chi connectivity index (χ4v) is 3.64. The third-order valence-electron chi connectivity index (χ3n) is 5.50. The largest absolute Gasteiger partial charge is 0.392 e. The van der Waals surface area contributed by atoms with Crippen LogP contribution in [0.3, 0.4) is 0 Å². The molecule has 0 aliphatic carbocycles. The van der Waals surface area contributed by atoms with Crippen molar-refractivity contribution in [2.24, 2.45) is 14.1 Å². The van der Waals surface area contributed by atoms with Crippen LogP contribution in [0.1, 0.15) is 70.5 Å². The first-order chi connectivity index (χ1) is 14.0. The highest BCUT2D eigenvalue weighted by Crippen LogP contribution is 2.12. The SMILES string of the molecule is CCCCCCCCNCC(O)CCCCc1nc2c(c(=O)[nH]c(=O)n2C)n1C. The third kappa shape index (κ3) is 6.82. The van der Waals surface area contributed by atoms with E-state index in [9.17, 15) is 14.7 Å². The Bertz CT molecular complexity index is 868. The lowest BCUT2D eigenvalue weighted by Gasteiger charge is -2.11. The summed E-state index contributed by atoms with van der Waals surface area (Å²) in [6.07, 6.45) is 10.5. The van der Waals surface area contributed by atoms with Crippen LogP contribution in [-0.4, -0.2) is 43.4 Å². The topological polar surface area (TPSA) is 105 Å². The predicted molar refractivity (Wildman–Crippen MR) is 116 cm³/mol. The molecule has 0 fully saturated rings. The molecule has 0 aromatic carbocycles. The van der Waals surface area contributed by atoms with Crippen LogP contribution in [0.4, 0.5) is 0 Å². The van der Waals surface area contributed by atoms with E-state index in [2.05, 4.69) is 22.2 Å². The number of aliphatic hydroxyl groups excluding tert-OH is 1. The van der Waals surface area contributed by atoms with Gasteiger partial charge in [0, 0.05) is 27.1 Å². The van der Waals surface area contributed by atoms with E-state index in [1.54, 1.807) is 18.7 Å². The highest BCUT2D eigenvalue weighted by molar-refractivity contribution is 5.70. The molecular formula is C21H37N5O3. The molecule has 0 amide bonds. The van der Waals surface area contributed by atoms with Crippen LogP contribution in [0, 0.1) is 0 Å². The van der Waals surface area contributed by atoms with Gasteiger partial charge in [-0.3, -0.25) is 14.3 Å². The highest BCUT2D eigenvalue weighted by atomic mass is 16.3. The van der Waals surface area contributed by atoms with Crippen molar-refractivity contribution in [1.82, 2.24) is 24.4 Å². The number of nitrogens with zero attached hydrogens (tertiary/aromatic N) is 3. The van der Waals surface area contributed by atoms with Crippen molar-refractivity contribution in [2.75, 3.05) is 13.1 Å². The molecule has 3 N–H and O–H groups in total. The van der Waals surface area contributed by atoms with Gasteiger partial charge in [-0.2, -0.15) is 0 Å². The molecular weight excluding hydrogens is 370 g/mol. The lowest BCUT2D eigenvalue weighted by molar-refractivity contribution is 0.158. The zero-order valence-corrected chi connectivity index (χ0v) is 18.2. The summed E-state index contributed by atoms with van der Waals surface area (Å²) in [6, 6.07) is 0. The zero-order chi connectivity index (χ0) is 21.2. The average molecular weight is 408 g/mol. The molecule has 0 spiro atoms. The van der Waals surface area contributed by atoms with Crippen molar-refractivity contribution >= 4 is 11.2 Å². The number of aromatic nitrogens is 4. The van der Waals surface area contributed by atoms with E-state index >= 15 is 0 Å². The number of aliphatic hydroxyl groups is 1. The molecule has 164 valence electrons. The third-order valence-corrected chi connectivity index (χ3v) is 5.50. The standard InChI is InChI=1S/C21H37N5O3/c1-4-5-6-7-8-11-14-22-15-16(27)12-9-10-13-17-23-19-18(25(17)2)20(28)24-21(29)26(19)3/h16,22,27H,4-15H2,1-3H3,(H,24,28,29). The molecule has 0 aliphatic heterocycles. The van der Waals surface area contributed by atoms with Crippen LogP contribution in [0.15, 0.2) is 9.59 Å². The van der Waals surface area contributed by atoms with E-state index in [1.165, 1.54) is 43.1 Å². The molecule has 2 aromatic rings. The van der Waals surface area contributed by atoms with Gasteiger partial charge in [0.05, 0.1) is 6.10 Å². The van der Waals surface area contributed by atoms with Gasteiger partial charge in [-0.25, -0.2) is 9.78 Å². The van der Waals surface area contributed by atoms with Crippen molar-refractivity contribution < 1.29 is 5.11 Å². The fourth-order valence-electron chi connectivity index (χ4n) is 3.64. The Morgan fingerprint density at radius 2 is 1.76 bits per heavy atom. The minimum Gasteiger partial charge on any atom is -0.392 e. The molecule has 8 nitrogen and oxygen atoms in total. The summed E-state index contributed by atoms with van der Waals surface area (Å²) < 4.78 is 3.12. The summed E-state index contributed by atoms with van der Waals surface area (Å²) in [7, 11) is 3.40. The van der Waals surface area contributed by atoms with E-state index < -0.39 is 11.2 Å². The maximum Gasteiger partial charge on any atom is 0.329 e. The molecule has 0 saturated heterocycles. The van der Waals surface area contributed by atoms with Crippen molar-refractivity contribution in [3.8, 4) is 0 Å². The first-order valence-corrected chi connectivity index (χ1v) is 11.0. The van der Waals surface area contributed by atoms with Crippen molar-refractivity contribution in [1.29, 1.82) is 0 Å². The summed E-state index contributed by atoms with van der Waals surface area (Å²) in [5, 5.41) is 13.5. The van der Waals surface area contributed by atoms with Gasteiger partial charge in [0.2, 0.25) is 0 Å². The number of hydrogen-bond acceptors (Lipinski definition) is 5. The van der Waals surface area contributed by atoms with Crippen LogP contribution in [-0.2, 0) is 20.5 Å². The molecule has 0 radical (unpaired) electrons. The number of rotatable bonds is 14. The number of imidazole rings is 1. The summed E-state index contributed by atoms with van der Waals surface area (Å²) >= 11 is 0. The quantitative estimate of drug-likeness (QED) is 0.415. The Morgan fingerprint density at radius 3 is 2.52 bits per heavy atom. The summed E-state index contributed by atoms with van der Waals surface area (Å²) in [6.45, 7) is 3.83. The van der Waals surface area contributed by atoms with E-state index in [0.717, 1.165) is 31.6 Å². The molecule has 2 rings (SSSR count). The molecule has 8 heteroatoms. The van der Waals surface area contributed by atoms with Gasteiger partial charge >= 0.3 is 5.69 Å². The lowest BCUT2D eigenvalue weighted by Crippen LogP contribution is -2.29. The van der Waals surface area contributed by atoms with Crippen molar-refractivity contribution in [3.05, 3.63) is 26.7 Å². The number of H-pyrrole nitrogens is 1. The normalized spacial score (nSPS) is 12.7. The number of fused-ring (bicyclic) bond motifs is 1. The predicted octanol–water partition coefficient (Wildman–Crippen LogP) is 1.98. The van der Waals surface area contributed by atoms with Gasteiger partial charge in [0.15, 0.2) is 11.2 Å². The minimum absolute atomic E-state index is 0.334.